The molecule has 0 spiro atoms. The van der Waals surface area contributed by atoms with Gasteiger partial charge in [-0.25, -0.2) is 0 Å². The van der Waals surface area contributed by atoms with Crippen LogP contribution in [0.25, 0.3) is 0 Å². The van der Waals surface area contributed by atoms with Crippen molar-refractivity contribution in [2.24, 2.45) is 23.7 Å². The number of rotatable bonds is 3. The molecule has 0 unspecified atom stereocenters. The molecular formula is C17H25N3. The second-order valence-electron chi connectivity index (χ2n) is 7.14. The minimum absolute atomic E-state index is 0.720. The summed E-state index contributed by atoms with van der Waals surface area (Å²) < 4.78 is 0. The lowest BCUT2D eigenvalue weighted by Crippen LogP contribution is -2.56. The van der Waals surface area contributed by atoms with Gasteiger partial charge in [-0.15, -0.1) is 0 Å². The lowest BCUT2D eigenvalue weighted by atomic mass is 9.54. The molecule has 0 radical (unpaired) electrons. The molecule has 2 N–H and O–H groups in total. The quantitative estimate of drug-likeness (QED) is 0.917. The maximum Gasteiger partial charge on any atom is 0.0738 e. The second-order valence-corrected chi connectivity index (χ2v) is 7.14. The van der Waals surface area contributed by atoms with Crippen molar-refractivity contribution in [3.8, 4) is 0 Å². The van der Waals surface area contributed by atoms with E-state index in [0.29, 0.717) is 0 Å². The van der Waals surface area contributed by atoms with E-state index in [4.69, 9.17) is 5.73 Å². The molecule has 4 aliphatic carbocycles. The van der Waals surface area contributed by atoms with Gasteiger partial charge in [0.15, 0.2) is 0 Å². The highest BCUT2D eigenvalue weighted by Gasteiger charge is 2.50. The molecular weight excluding hydrogens is 246 g/mol. The van der Waals surface area contributed by atoms with Gasteiger partial charge >= 0.3 is 0 Å². The molecule has 0 aromatic carbocycles. The van der Waals surface area contributed by atoms with Crippen LogP contribution in [0.5, 0.6) is 0 Å². The minimum Gasteiger partial charge on any atom is -0.396 e. The van der Waals surface area contributed by atoms with Gasteiger partial charge in [-0.2, -0.15) is 0 Å². The number of hydrogen-bond acceptors (Lipinski definition) is 3. The van der Waals surface area contributed by atoms with E-state index in [9.17, 15) is 0 Å². The molecule has 108 valence electrons. The SMILES string of the molecule is CCN(c1ccncc1N)C1C2CC3CC(C2)CC1C3. The Balaban J connectivity index is 1.67. The molecule has 4 fully saturated rings. The highest BCUT2D eigenvalue weighted by molar-refractivity contribution is 5.66. The molecule has 1 aromatic heterocycles. The Morgan fingerprint density at radius 2 is 1.80 bits per heavy atom. The summed E-state index contributed by atoms with van der Waals surface area (Å²) in [6.07, 6.45) is 11.0. The molecule has 0 atom stereocenters. The van der Waals surface area contributed by atoms with Crippen LogP contribution in [-0.4, -0.2) is 17.6 Å². The lowest BCUT2D eigenvalue weighted by molar-refractivity contribution is -0.00251. The number of nitrogens with two attached hydrogens (primary N) is 1. The van der Waals surface area contributed by atoms with E-state index < -0.39 is 0 Å². The number of nitrogen functional groups attached to an aromatic ring is 1. The Hall–Kier alpha value is -1.25. The summed E-state index contributed by atoms with van der Waals surface area (Å²) in [5.74, 6) is 3.86. The Morgan fingerprint density at radius 1 is 1.15 bits per heavy atom. The van der Waals surface area contributed by atoms with Crippen molar-refractivity contribution in [3.63, 3.8) is 0 Å². The highest BCUT2D eigenvalue weighted by atomic mass is 15.2. The molecule has 0 saturated heterocycles. The smallest absolute Gasteiger partial charge is 0.0738 e. The number of aromatic nitrogens is 1. The predicted molar refractivity (Wildman–Crippen MR) is 82.5 cm³/mol. The van der Waals surface area contributed by atoms with E-state index in [1.165, 1.54) is 37.8 Å². The van der Waals surface area contributed by atoms with Crippen LogP contribution in [0.4, 0.5) is 11.4 Å². The first kappa shape index (κ1) is 12.5. The summed E-state index contributed by atoms with van der Waals surface area (Å²) >= 11 is 0. The topological polar surface area (TPSA) is 42.2 Å². The van der Waals surface area contributed by atoms with Crippen LogP contribution in [0.2, 0.25) is 0 Å². The van der Waals surface area contributed by atoms with Crippen molar-refractivity contribution in [3.05, 3.63) is 18.5 Å². The summed E-state index contributed by atoms with van der Waals surface area (Å²) in [5, 5.41) is 0. The normalized spacial score (nSPS) is 38.1. The van der Waals surface area contributed by atoms with Gasteiger partial charge in [0, 0.05) is 18.8 Å². The number of pyridine rings is 1. The van der Waals surface area contributed by atoms with Gasteiger partial charge in [-0.1, -0.05) is 0 Å². The Labute approximate surface area is 121 Å². The van der Waals surface area contributed by atoms with Crippen LogP contribution in [0.15, 0.2) is 18.5 Å². The van der Waals surface area contributed by atoms with Crippen LogP contribution in [0.1, 0.15) is 39.0 Å². The van der Waals surface area contributed by atoms with E-state index in [0.717, 1.165) is 41.9 Å². The number of anilines is 2. The first-order valence-corrected chi connectivity index (χ1v) is 8.22. The van der Waals surface area contributed by atoms with Gasteiger partial charge in [0.1, 0.15) is 0 Å². The molecule has 0 aliphatic heterocycles. The predicted octanol–water partition coefficient (Wildman–Crippen LogP) is 3.31. The molecule has 20 heavy (non-hydrogen) atoms. The largest absolute Gasteiger partial charge is 0.396 e. The fraction of sp³-hybridized carbons (Fsp3) is 0.706. The number of hydrogen-bond donors (Lipinski definition) is 1. The van der Waals surface area contributed by atoms with Crippen molar-refractivity contribution >= 4 is 11.4 Å². The molecule has 5 rings (SSSR count). The Morgan fingerprint density at radius 3 is 2.35 bits per heavy atom. The first-order chi connectivity index (χ1) is 9.76. The minimum atomic E-state index is 0.720. The van der Waals surface area contributed by atoms with E-state index >= 15 is 0 Å². The van der Waals surface area contributed by atoms with Crippen molar-refractivity contribution in [1.82, 2.24) is 4.98 Å². The van der Waals surface area contributed by atoms with E-state index in [-0.39, 0.29) is 0 Å². The maximum absolute atomic E-state index is 6.19. The molecule has 3 nitrogen and oxygen atoms in total. The van der Waals surface area contributed by atoms with Gasteiger partial charge in [-0.05, 0) is 68.8 Å². The average Bonchev–Trinajstić information content (AvgIpc) is 2.43. The van der Waals surface area contributed by atoms with E-state index in [2.05, 4.69) is 22.9 Å². The fourth-order valence-corrected chi connectivity index (χ4v) is 5.61. The van der Waals surface area contributed by atoms with Crippen LogP contribution in [0, 0.1) is 23.7 Å². The zero-order valence-electron chi connectivity index (χ0n) is 12.3. The van der Waals surface area contributed by atoms with Gasteiger partial charge in [0.05, 0.1) is 17.6 Å². The lowest BCUT2D eigenvalue weighted by Gasteiger charge is -2.57. The molecule has 3 heteroatoms. The van der Waals surface area contributed by atoms with Gasteiger partial charge in [-0.3, -0.25) is 4.98 Å². The average molecular weight is 271 g/mol. The molecule has 1 heterocycles. The van der Waals surface area contributed by atoms with Crippen LogP contribution < -0.4 is 10.6 Å². The molecule has 4 bridgehead atoms. The zero-order chi connectivity index (χ0) is 13.7. The first-order valence-electron chi connectivity index (χ1n) is 8.22. The van der Waals surface area contributed by atoms with Gasteiger partial charge in [0.25, 0.3) is 0 Å². The molecule has 1 aromatic rings. The summed E-state index contributed by atoms with van der Waals surface area (Å²) in [6, 6.07) is 2.82. The third kappa shape index (κ3) is 1.82. The maximum atomic E-state index is 6.19. The van der Waals surface area contributed by atoms with Crippen molar-refractivity contribution < 1.29 is 0 Å². The Kier molecular flexibility index (Phi) is 2.90. The van der Waals surface area contributed by atoms with Gasteiger partial charge < -0.3 is 10.6 Å². The summed E-state index contributed by atoms with van der Waals surface area (Å²) in [5.41, 5.74) is 8.23. The van der Waals surface area contributed by atoms with Crippen LogP contribution in [0.3, 0.4) is 0 Å². The van der Waals surface area contributed by atoms with E-state index in [1.807, 2.05) is 6.20 Å². The summed E-state index contributed by atoms with van der Waals surface area (Å²) in [7, 11) is 0. The summed E-state index contributed by atoms with van der Waals surface area (Å²) in [6.45, 7) is 3.33. The molecule has 4 aliphatic rings. The second kappa shape index (κ2) is 4.64. The third-order valence-electron chi connectivity index (χ3n) is 6.01. The third-order valence-corrected chi connectivity index (χ3v) is 6.01. The van der Waals surface area contributed by atoms with E-state index in [1.54, 1.807) is 6.20 Å². The standard InChI is InChI=1S/C17H25N3/c1-2-20(16-3-4-19-10-15(16)18)17-13-6-11-5-12(8-13)9-14(17)7-11/h3-4,10-14,17H,2,5-9,18H2,1H3. The van der Waals surface area contributed by atoms with Crippen molar-refractivity contribution in [2.45, 2.75) is 45.1 Å². The summed E-state index contributed by atoms with van der Waals surface area (Å²) in [4.78, 5) is 6.73. The fourth-order valence-electron chi connectivity index (χ4n) is 5.61. The monoisotopic (exact) mass is 271 g/mol. The number of nitrogens with zero attached hydrogens (tertiary/aromatic N) is 2. The van der Waals surface area contributed by atoms with Crippen LogP contribution in [-0.2, 0) is 0 Å². The van der Waals surface area contributed by atoms with Crippen LogP contribution >= 0.6 is 0 Å². The van der Waals surface area contributed by atoms with Crippen molar-refractivity contribution in [2.75, 3.05) is 17.2 Å². The molecule has 0 amide bonds. The molecule has 4 saturated carbocycles. The highest BCUT2D eigenvalue weighted by Crippen LogP contribution is 2.55. The zero-order valence-corrected chi connectivity index (χ0v) is 12.3. The van der Waals surface area contributed by atoms with Gasteiger partial charge in [0.2, 0.25) is 0 Å². The Bertz CT molecular complexity index is 471. The van der Waals surface area contributed by atoms with Crippen molar-refractivity contribution in [1.29, 1.82) is 0 Å².